The molecule has 0 radical (unpaired) electrons. The van der Waals surface area contributed by atoms with Gasteiger partial charge in [0.1, 0.15) is 5.82 Å². The van der Waals surface area contributed by atoms with Crippen LogP contribution in [0.5, 0.6) is 0 Å². The van der Waals surface area contributed by atoms with Crippen molar-refractivity contribution < 1.29 is 18.7 Å². The minimum absolute atomic E-state index is 0.132. The minimum Gasteiger partial charge on any atom is -0.464 e. The Morgan fingerprint density at radius 1 is 1.43 bits per heavy atom. The minimum atomic E-state index is -0.852. The Labute approximate surface area is 132 Å². The zero-order chi connectivity index (χ0) is 16.8. The number of imidazole rings is 1. The Bertz CT molecular complexity index is 798. The van der Waals surface area contributed by atoms with Crippen molar-refractivity contribution in [1.82, 2.24) is 9.55 Å². The van der Waals surface area contributed by atoms with Gasteiger partial charge in [0.2, 0.25) is 5.91 Å². The number of hydrogen-bond donors (Lipinski definition) is 1. The van der Waals surface area contributed by atoms with Gasteiger partial charge < -0.3 is 14.6 Å². The fraction of sp³-hybridized carbons (Fsp3) is 0.312. The maximum Gasteiger partial charge on any atom is 0.358 e. The van der Waals surface area contributed by atoms with Gasteiger partial charge in [0, 0.05) is 17.4 Å². The van der Waals surface area contributed by atoms with Gasteiger partial charge in [-0.25, -0.2) is 14.2 Å². The smallest absolute Gasteiger partial charge is 0.358 e. The molecule has 1 N–H and O–H groups in total. The Morgan fingerprint density at radius 2 is 2.17 bits per heavy atom. The molecule has 0 bridgehead atoms. The van der Waals surface area contributed by atoms with Crippen molar-refractivity contribution >= 4 is 17.6 Å². The normalized spacial score (nSPS) is 19.0. The van der Waals surface area contributed by atoms with Crippen molar-refractivity contribution in [3.8, 4) is 0 Å². The van der Waals surface area contributed by atoms with Gasteiger partial charge in [-0.2, -0.15) is 0 Å². The summed E-state index contributed by atoms with van der Waals surface area (Å²) in [5, 5.41) is 2.79. The molecule has 0 spiro atoms. The molecule has 1 unspecified atom stereocenters. The molecule has 1 aromatic carbocycles. The van der Waals surface area contributed by atoms with E-state index in [-0.39, 0.29) is 11.6 Å². The average Bonchev–Trinajstić information content (AvgIpc) is 2.97. The third-order valence-corrected chi connectivity index (χ3v) is 4.12. The lowest BCUT2D eigenvalue weighted by Crippen LogP contribution is -2.43. The molecule has 3 rings (SSSR count). The number of esters is 1. The van der Waals surface area contributed by atoms with Gasteiger partial charge in [-0.3, -0.25) is 4.79 Å². The van der Waals surface area contributed by atoms with E-state index >= 15 is 0 Å². The third-order valence-electron chi connectivity index (χ3n) is 4.12. The lowest BCUT2D eigenvalue weighted by Gasteiger charge is -2.39. The Morgan fingerprint density at radius 3 is 2.87 bits per heavy atom. The molecular weight excluding hydrogens is 301 g/mol. The Hall–Kier alpha value is -2.70. The molecule has 0 saturated carbocycles. The van der Waals surface area contributed by atoms with Crippen LogP contribution in [0.2, 0.25) is 0 Å². The molecule has 0 saturated heterocycles. The van der Waals surface area contributed by atoms with Crippen molar-refractivity contribution in [2.45, 2.75) is 19.9 Å². The fourth-order valence-electron chi connectivity index (χ4n) is 2.89. The highest BCUT2D eigenvalue weighted by atomic mass is 19.1. The van der Waals surface area contributed by atoms with Gasteiger partial charge in [0.05, 0.1) is 24.9 Å². The maximum absolute atomic E-state index is 13.7. The summed E-state index contributed by atoms with van der Waals surface area (Å²) in [6, 6.07) is 3.72. The van der Waals surface area contributed by atoms with E-state index in [0.29, 0.717) is 11.3 Å². The molecule has 1 atom stereocenters. The highest BCUT2D eigenvalue weighted by molar-refractivity contribution is 5.99. The predicted octanol–water partition coefficient (Wildman–Crippen LogP) is 2.38. The van der Waals surface area contributed by atoms with Crippen molar-refractivity contribution in [1.29, 1.82) is 0 Å². The standard InChI is InChI=1S/C16H16FN3O3/c1-16(2)13(20-7-12(18-8-20)14(21)23-3)10-6-9(17)4-5-11(10)19-15(16)22/h4-8,13H,1-3H3,(H,19,22). The first-order chi connectivity index (χ1) is 10.8. The highest BCUT2D eigenvalue weighted by Gasteiger charge is 2.44. The number of ether oxygens (including phenoxy) is 1. The Kier molecular flexibility index (Phi) is 3.43. The van der Waals surface area contributed by atoms with Crippen LogP contribution in [-0.2, 0) is 9.53 Å². The number of nitrogens with zero attached hydrogens (tertiary/aromatic N) is 2. The van der Waals surface area contributed by atoms with Crippen LogP contribution in [-0.4, -0.2) is 28.5 Å². The lowest BCUT2D eigenvalue weighted by atomic mass is 9.76. The summed E-state index contributed by atoms with van der Waals surface area (Å²) in [6.07, 6.45) is 2.96. The van der Waals surface area contributed by atoms with Crippen molar-refractivity contribution in [3.63, 3.8) is 0 Å². The number of aromatic nitrogens is 2. The zero-order valence-electron chi connectivity index (χ0n) is 13.0. The Balaban J connectivity index is 2.15. The molecule has 0 fully saturated rings. The molecule has 1 aliphatic rings. The summed E-state index contributed by atoms with van der Waals surface area (Å²) in [6.45, 7) is 3.53. The largest absolute Gasteiger partial charge is 0.464 e. The predicted molar refractivity (Wildman–Crippen MR) is 80.5 cm³/mol. The van der Waals surface area contributed by atoms with E-state index in [0.717, 1.165) is 0 Å². The second-order valence-electron chi connectivity index (χ2n) is 6.01. The number of anilines is 1. The number of nitrogens with one attached hydrogen (secondary N) is 1. The van der Waals surface area contributed by atoms with Gasteiger partial charge in [-0.05, 0) is 32.0 Å². The number of benzene rings is 1. The summed E-state index contributed by atoms with van der Waals surface area (Å²) >= 11 is 0. The van der Waals surface area contributed by atoms with Gasteiger partial charge in [-0.1, -0.05) is 0 Å². The number of amides is 1. The summed E-state index contributed by atoms with van der Waals surface area (Å²) in [5.41, 5.74) is 0.458. The van der Waals surface area contributed by atoms with E-state index in [1.54, 1.807) is 18.4 Å². The third kappa shape index (κ3) is 2.38. The van der Waals surface area contributed by atoms with E-state index in [4.69, 9.17) is 0 Å². The molecule has 2 heterocycles. The van der Waals surface area contributed by atoms with Gasteiger partial charge in [0.25, 0.3) is 0 Å². The summed E-state index contributed by atoms with van der Waals surface area (Å²) < 4.78 is 20.0. The van der Waals surface area contributed by atoms with Gasteiger partial charge in [-0.15, -0.1) is 0 Å². The van der Waals surface area contributed by atoms with Crippen LogP contribution in [0.25, 0.3) is 0 Å². The van der Waals surface area contributed by atoms with E-state index in [1.165, 1.54) is 37.8 Å². The number of rotatable bonds is 2. The molecular formula is C16H16FN3O3. The number of carbonyl (C=O) groups is 2. The summed E-state index contributed by atoms with van der Waals surface area (Å²) in [5.74, 6) is -1.15. The number of hydrogen-bond acceptors (Lipinski definition) is 4. The molecule has 7 heteroatoms. The number of fused-ring (bicyclic) bond motifs is 1. The monoisotopic (exact) mass is 317 g/mol. The van der Waals surface area contributed by atoms with Crippen LogP contribution in [0.1, 0.15) is 35.9 Å². The quantitative estimate of drug-likeness (QED) is 0.863. The molecule has 120 valence electrons. The summed E-state index contributed by atoms with van der Waals surface area (Å²) in [4.78, 5) is 28.0. The highest BCUT2D eigenvalue weighted by Crippen LogP contribution is 2.44. The van der Waals surface area contributed by atoms with E-state index < -0.39 is 23.2 Å². The molecule has 2 aromatic rings. The second-order valence-corrected chi connectivity index (χ2v) is 6.01. The maximum atomic E-state index is 13.7. The van der Waals surface area contributed by atoms with E-state index in [1.807, 2.05) is 0 Å². The van der Waals surface area contributed by atoms with Crippen LogP contribution in [0, 0.1) is 11.2 Å². The van der Waals surface area contributed by atoms with Crippen LogP contribution >= 0.6 is 0 Å². The van der Waals surface area contributed by atoms with E-state index in [2.05, 4.69) is 15.0 Å². The van der Waals surface area contributed by atoms with Crippen molar-refractivity contribution in [2.75, 3.05) is 12.4 Å². The van der Waals surface area contributed by atoms with Crippen molar-refractivity contribution in [2.24, 2.45) is 5.41 Å². The number of carbonyl (C=O) groups excluding carboxylic acids is 2. The van der Waals surface area contributed by atoms with Gasteiger partial charge in [0.15, 0.2) is 5.69 Å². The van der Waals surface area contributed by atoms with Crippen LogP contribution in [0.15, 0.2) is 30.7 Å². The topological polar surface area (TPSA) is 73.2 Å². The molecule has 23 heavy (non-hydrogen) atoms. The van der Waals surface area contributed by atoms with Crippen molar-refractivity contribution in [3.05, 3.63) is 47.8 Å². The molecule has 1 aliphatic heterocycles. The zero-order valence-corrected chi connectivity index (χ0v) is 13.0. The lowest BCUT2D eigenvalue weighted by molar-refractivity contribution is -0.126. The molecule has 1 amide bonds. The molecule has 6 nitrogen and oxygen atoms in total. The second kappa shape index (κ2) is 5.19. The van der Waals surface area contributed by atoms with E-state index in [9.17, 15) is 14.0 Å². The van der Waals surface area contributed by atoms with Crippen LogP contribution in [0.3, 0.4) is 0 Å². The fourth-order valence-corrected chi connectivity index (χ4v) is 2.89. The first kappa shape index (κ1) is 15.2. The molecule has 0 aliphatic carbocycles. The average molecular weight is 317 g/mol. The summed E-state index contributed by atoms with van der Waals surface area (Å²) in [7, 11) is 1.27. The van der Waals surface area contributed by atoms with Gasteiger partial charge >= 0.3 is 5.97 Å². The number of halogens is 1. The number of methoxy groups -OCH3 is 1. The first-order valence-corrected chi connectivity index (χ1v) is 7.07. The SMILES string of the molecule is COC(=O)c1cn(C2c3cc(F)ccc3NC(=O)C2(C)C)cn1. The van der Waals surface area contributed by atoms with Crippen LogP contribution in [0.4, 0.5) is 10.1 Å². The molecule has 1 aromatic heterocycles. The van der Waals surface area contributed by atoms with Crippen LogP contribution < -0.4 is 5.32 Å². The first-order valence-electron chi connectivity index (χ1n) is 7.07.